The van der Waals surface area contributed by atoms with Crippen LogP contribution in [0.25, 0.3) is 22.3 Å². The van der Waals surface area contributed by atoms with Crippen molar-refractivity contribution in [1.29, 1.82) is 0 Å². The molecule has 0 saturated heterocycles. The summed E-state index contributed by atoms with van der Waals surface area (Å²) in [6.07, 6.45) is 0. The highest BCUT2D eigenvalue weighted by molar-refractivity contribution is 6.32. The summed E-state index contributed by atoms with van der Waals surface area (Å²) in [5.74, 6) is -0.543. The fourth-order valence-corrected chi connectivity index (χ4v) is 2.16. The summed E-state index contributed by atoms with van der Waals surface area (Å²) < 4.78 is 5.56. The molecule has 3 aromatic rings. The maximum absolute atomic E-state index is 12.1. The lowest BCUT2D eigenvalue weighted by Crippen LogP contribution is -2.02. The van der Waals surface area contributed by atoms with Gasteiger partial charge in [-0.15, -0.1) is 0 Å². The average molecular weight is 289 g/mol. The van der Waals surface area contributed by atoms with E-state index in [0.29, 0.717) is 16.5 Å². The largest absolute Gasteiger partial charge is 0.506 e. The van der Waals surface area contributed by atoms with Crippen LogP contribution in [-0.2, 0) is 0 Å². The SMILES string of the molecule is O=c1c(O)c(-c2ccc(O)c(Cl)c2)oc2ccccc12. The van der Waals surface area contributed by atoms with Crippen molar-refractivity contribution in [1.82, 2.24) is 0 Å². The summed E-state index contributed by atoms with van der Waals surface area (Å²) in [6, 6.07) is 10.9. The van der Waals surface area contributed by atoms with Crippen LogP contribution < -0.4 is 5.43 Å². The smallest absolute Gasteiger partial charge is 0.235 e. The monoisotopic (exact) mass is 288 g/mol. The normalized spacial score (nSPS) is 10.8. The van der Waals surface area contributed by atoms with E-state index in [0.717, 1.165) is 0 Å². The van der Waals surface area contributed by atoms with Gasteiger partial charge in [0.05, 0.1) is 10.4 Å². The average Bonchev–Trinajstić information content (AvgIpc) is 2.46. The number of phenols is 1. The molecule has 4 nitrogen and oxygen atoms in total. The molecule has 0 radical (unpaired) electrons. The number of para-hydroxylation sites is 1. The number of halogens is 1. The zero-order valence-electron chi connectivity index (χ0n) is 10.1. The first kappa shape index (κ1) is 12.6. The van der Waals surface area contributed by atoms with E-state index in [1.165, 1.54) is 18.2 Å². The van der Waals surface area contributed by atoms with Crippen molar-refractivity contribution < 1.29 is 14.6 Å². The molecule has 0 amide bonds. The molecule has 0 aliphatic rings. The summed E-state index contributed by atoms with van der Waals surface area (Å²) in [4.78, 5) is 12.1. The first-order valence-electron chi connectivity index (χ1n) is 5.81. The first-order chi connectivity index (χ1) is 9.58. The Hall–Kier alpha value is -2.46. The standard InChI is InChI=1S/C15H9ClO4/c16-10-7-8(5-6-11(10)17)15-14(19)13(18)9-3-1-2-4-12(9)20-15/h1-7,17,19H. The Bertz CT molecular complexity index is 867. The van der Waals surface area contributed by atoms with Crippen molar-refractivity contribution in [3.05, 3.63) is 57.7 Å². The van der Waals surface area contributed by atoms with E-state index in [-0.39, 0.29) is 16.5 Å². The molecule has 0 aliphatic carbocycles. The Morgan fingerprint density at radius 1 is 1.05 bits per heavy atom. The van der Waals surface area contributed by atoms with E-state index < -0.39 is 11.2 Å². The number of hydrogen-bond acceptors (Lipinski definition) is 4. The number of aromatic hydroxyl groups is 2. The molecule has 0 fully saturated rings. The Labute approximate surface area is 118 Å². The van der Waals surface area contributed by atoms with Crippen molar-refractivity contribution in [3.63, 3.8) is 0 Å². The second-order valence-electron chi connectivity index (χ2n) is 4.27. The van der Waals surface area contributed by atoms with Gasteiger partial charge in [0, 0.05) is 5.56 Å². The van der Waals surface area contributed by atoms with Gasteiger partial charge >= 0.3 is 0 Å². The molecule has 0 unspecified atom stereocenters. The fourth-order valence-electron chi connectivity index (χ4n) is 1.98. The lowest BCUT2D eigenvalue weighted by atomic mass is 10.1. The minimum absolute atomic E-state index is 0.0237. The number of hydrogen-bond donors (Lipinski definition) is 2. The number of rotatable bonds is 1. The van der Waals surface area contributed by atoms with Crippen LogP contribution in [0.5, 0.6) is 11.5 Å². The van der Waals surface area contributed by atoms with E-state index in [1.807, 2.05) is 0 Å². The molecule has 0 atom stereocenters. The topological polar surface area (TPSA) is 70.7 Å². The van der Waals surface area contributed by atoms with E-state index in [2.05, 4.69) is 0 Å². The third-order valence-corrected chi connectivity index (χ3v) is 3.29. The van der Waals surface area contributed by atoms with E-state index in [1.54, 1.807) is 24.3 Å². The van der Waals surface area contributed by atoms with Crippen molar-refractivity contribution in [2.24, 2.45) is 0 Å². The lowest BCUT2D eigenvalue weighted by molar-refractivity contribution is 0.449. The molecule has 1 aromatic heterocycles. The highest BCUT2D eigenvalue weighted by Gasteiger charge is 2.15. The molecular formula is C15H9ClO4. The van der Waals surface area contributed by atoms with Crippen LogP contribution in [0.3, 0.4) is 0 Å². The van der Waals surface area contributed by atoms with E-state index >= 15 is 0 Å². The molecular weight excluding hydrogens is 280 g/mol. The fraction of sp³-hybridized carbons (Fsp3) is 0. The van der Waals surface area contributed by atoms with E-state index in [4.69, 9.17) is 16.0 Å². The molecule has 0 aliphatic heterocycles. The molecule has 2 N–H and O–H groups in total. The van der Waals surface area contributed by atoms with Gasteiger partial charge in [0.25, 0.3) is 0 Å². The predicted octanol–water partition coefficient (Wildman–Crippen LogP) is 3.52. The first-order valence-corrected chi connectivity index (χ1v) is 6.19. The van der Waals surface area contributed by atoms with Crippen molar-refractivity contribution in [3.8, 4) is 22.8 Å². The predicted molar refractivity (Wildman–Crippen MR) is 76.3 cm³/mol. The second kappa shape index (κ2) is 4.58. The van der Waals surface area contributed by atoms with Crippen LogP contribution in [0.15, 0.2) is 51.7 Å². The Kier molecular flexibility index (Phi) is 2.88. The van der Waals surface area contributed by atoms with Gasteiger partial charge in [-0.25, -0.2) is 0 Å². The minimum atomic E-state index is -0.508. The molecule has 5 heteroatoms. The molecule has 2 aromatic carbocycles. The summed E-state index contributed by atoms with van der Waals surface area (Å²) >= 11 is 5.82. The van der Waals surface area contributed by atoms with Crippen LogP contribution in [0.1, 0.15) is 0 Å². The third kappa shape index (κ3) is 1.90. The zero-order chi connectivity index (χ0) is 14.3. The van der Waals surface area contributed by atoms with E-state index in [9.17, 15) is 15.0 Å². The van der Waals surface area contributed by atoms with Gasteiger partial charge in [-0.1, -0.05) is 23.7 Å². The van der Waals surface area contributed by atoms with Gasteiger partial charge < -0.3 is 14.6 Å². The van der Waals surface area contributed by atoms with Gasteiger partial charge in [0.15, 0.2) is 5.76 Å². The minimum Gasteiger partial charge on any atom is -0.506 e. The van der Waals surface area contributed by atoms with Crippen molar-refractivity contribution in [2.45, 2.75) is 0 Å². The summed E-state index contributed by atoms with van der Waals surface area (Å²) in [6.45, 7) is 0. The summed E-state index contributed by atoms with van der Waals surface area (Å²) in [5.41, 5.74) is 0.272. The maximum atomic E-state index is 12.1. The molecule has 100 valence electrons. The van der Waals surface area contributed by atoms with Gasteiger partial charge in [0.2, 0.25) is 11.2 Å². The van der Waals surface area contributed by atoms with Crippen LogP contribution in [-0.4, -0.2) is 10.2 Å². The summed E-state index contributed by atoms with van der Waals surface area (Å²) in [7, 11) is 0. The van der Waals surface area contributed by atoms with Crippen LogP contribution >= 0.6 is 11.6 Å². The van der Waals surface area contributed by atoms with Gasteiger partial charge in [-0.05, 0) is 30.3 Å². The highest BCUT2D eigenvalue weighted by atomic mass is 35.5. The van der Waals surface area contributed by atoms with Crippen LogP contribution in [0.2, 0.25) is 5.02 Å². The molecule has 3 rings (SSSR count). The zero-order valence-corrected chi connectivity index (χ0v) is 10.9. The van der Waals surface area contributed by atoms with Gasteiger partial charge in [-0.2, -0.15) is 0 Å². The molecule has 0 bridgehead atoms. The molecule has 1 heterocycles. The molecule has 0 saturated carbocycles. The quantitative estimate of drug-likeness (QED) is 0.718. The van der Waals surface area contributed by atoms with Crippen molar-refractivity contribution in [2.75, 3.05) is 0 Å². The number of benzene rings is 2. The lowest BCUT2D eigenvalue weighted by Gasteiger charge is -2.06. The molecule has 20 heavy (non-hydrogen) atoms. The maximum Gasteiger partial charge on any atom is 0.235 e. The van der Waals surface area contributed by atoms with Crippen molar-refractivity contribution >= 4 is 22.6 Å². The van der Waals surface area contributed by atoms with Gasteiger partial charge in [0.1, 0.15) is 11.3 Å². The Morgan fingerprint density at radius 3 is 2.55 bits per heavy atom. The van der Waals surface area contributed by atoms with Crippen LogP contribution in [0.4, 0.5) is 0 Å². The molecule has 0 spiro atoms. The Morgan fingerprint density at radius 2 is 1.80 bits per heavy atom. The third-order valence-electron chi connectivity index (χ3n) is 2.98. The highest BCUT2D eigenvalue weighted by Crippen LogP contribution is 2.34. The van der Waals surface area contributed by atoms with Crippen LogP contribution in [0, 0.1) is 0 Å². The Balaban J connectivity index is 2.33. The number of phenolic OH excluding ortho intramolecular Hbond substituents is 1. The number of fused-ring (bicyclic) bond motifs is 1. The summed E-state index contributed by atoms with van der Waals surface area (Å²) in [5, 5.41) is 19.8. The van der Waals surface area contributed by atoms with Gasteiger partial charge in [-0.3, -0.25) is 4.79 Å². The second-order valence-corrected chi connectivity index (χ2v) is 4.68.